The van der Waals surface area contributed by atoms with Crippen LogP contribution in [0.25, 0.3) is 0 Å². The van der Waals surface area contributed by atoms with Gasteiger partial charge in [0.1, 0.15) is 5.82 Å². The maximum atomic E-state index is 12.0. The Morgan fingerprint density at radius 2 is 2.43 bits per heavy atom. The lowest BCUT2D eigenvalue weighted by Gasteiger charge is -2.44. The number of primary amides is 1. The van der Waals surface area contributed by atoms with Crippen LogP contribution in [0.3, 0.4) is 0 Å². The maximum absolute atomic E-state index is 12.0. The molecule has 21 heavy (non-hydrogen) atoms. The third-order valence-corrected chi connectivity index (χ3v) is 5.00. The van der Waals surface area contributed by atoms with E-state index in [-0.39, 0.29) is 5.91 Å². The standard InChI is InChI=1S/C15H25N5O/c1-2-18-15(14(16)21)5-3-4-12(10-15)20-9-8-19-7-6-17-13(19)11-20/h6-7,12,18H,2-5,8-11H2,1H3,(H2,16,21). The number of aromatic nitrogens is 2. The summed E-state index contributed by atoms with van der Waals surface area (Å²) in [5, 5.41) is 3.36. The van der Waals surface area contributed by atoms with Gasteiger partial charge in [-0.2, -0.15) is 0 Å². The van der Waals surface area contributed by atoms with E-state index in [1.807, 2.05) is 19.3 Å². The van der Waals surface area contributed by atoms with E-state index < -0.39 is 5.54 Å². The predicted molar refractivity (Wildman–Crippen MR) is 80.5 cm³/mol. The monoisotopic (exact) mass is 291 g/mol. The molecule has 0 aromatic carbocycles. The molecule has 1 fully saturated rings. The van der Waals surface area contributed by atoms with Crippen molar-refractivity contribution in [2.75, 3.05) is 13.1 Å². The number of likely N-dealkylation sites (N-methyl/N-ethyl adjacent to an activating group) is 1. The summed E-state index contributed by atoms with van der Waals surface area (Å²) in [5.74, 6) is 0.924. The van der Waals surface area contributed by atoms with Gasteiger partial charge in [0.25, 0.3) is 0 Å². The van der Waals surface area contributed by atoms with Gasteiger partial charge in [-0.3, -0.25) is 9.69 Å². The Kier molecular flexibility index (Phi) is 3.99. The van der Waals surface area contributed by atoms with Crippen LogP contribution in [0.4, 0.5) is 0 Å². The van der Waals surface area contributed by atoms with Crippen molar-refractivity contribution in [3.05, 3.63) is 18.2 Å². The molecule has 3 N–H and O–H groups in total. The van der Waals surface area contributed by atoms with Crippen LogP contribution >= 0.6 is 0 Å². The molecule has 0 radical (unpaired) electrons. The summed E-state index contributed by atoms with van der Waals surface area (Å²) in [6, 6.07) is 0.413. The predicted octanol–water partition coefficient (Wildman–Crippen LogP) is 0.475. The Labute approximate surface area is 125 Å². The quantitative estimate of drug-likeness (QED) is 0.846. The third kappa shape index (κ3) is 2.70. The number of nitrogens with one attached hydrogen (secondary N) is 1. The number of carbonyl (C=O) groups excluding carboxylic acids is 1. The highest BCUT2D eigenvalue weighted by molar-refractivity contribution is 5.84. The average molecular weight is 291 g/mol. The number of carbonyl (C=O) groups is 1. The van der Waals surface area contributed by atoms with E-state index in [2.05, 4.69) is 19.8 Å². The van der Waals surface area contributed by atoms with E-state index in [1.165, 1.54) is 0 Å². The second-order valence-corrected chi connectivity index (χ2v) is 6.23. The van der Waals surface area contributed by atoms with Crippen molar-refractivity contribution in [3.8, 4) is 0 Å². The molecular weight excluding hydrogens is 266 g/mol. The van der Waals surface area contributed by atoms with Crippen molar-refractivity contribution < 1.29 is 4.79 Å². The van der Waals surface area contributed by atoms with Gasteiger partial charge in [0.2, 0.25) is 5.91 Å². The van der Waals surface area contributed by atoms with Gasteiger partial charge >= 0.3 is 0 Å². The molecule has 0 saturated heterocycles. The number of imidazole rings is 1. The van der Waals surface area contributed by atoms with Crippen molar-refractivity contribution in [3.63, 3.8) is 0 Å². The Balaban J connectivity index is 1.73. The van der Waals surface area contributed by atoms with Crippen LogP contribution in [0.15, 0.2) is 12.4 Å². The first-order chi connectivity index (χ1) is 10.1. The molecule has 2 atom stereocenters. The normalized spacial score (nSPS) is 30.0. The number of nitrogens with zero attached hydrogens (tertiary/aromatic N) is 3. The van der Waals surface area contributed by atoms with Crippen LogP contribution in [0.5, 0.6) is 0 Å². The van der Waals surface area contributed by atoms with Gasteiger partial charge < -0.3 is 15.6 Å². The molecule has 1 aromatic rings. The Morgan fingerprint density at radius 1 is 1.57 bits per heavy atom. The first kappa shape index (κ1) is 14.5. The number of hydrogen-bond donors (Lipinski definition) is 2. The van der Waals surface area contributed by atoms with Gasteiger partial charge in [0, 0.05) is 31.5 Å². The molecule has 1 saturated carbocycles. The second-order valence-electron chi connectivity index (χ2n) is 6.23. The van der Waals surface area contributed by atoms with Gasteiger partial charge in [0.05, 0.1) is 12.1 Å². The molecular formula is C15H25N5O. The topological polar surface area (TPSA) is 76.2 Å². The van der Waals surface area contributed by atoms with Gasteiger partial charge in [-0.1, -0.05) is 6.92 Å². The fraction of sp³-hybridized carbons (Fsp3) is 0.733. The minimum atomic E-state index is -0.523. The molecule has 1 amide bonds. The second kappa shape index (κ2) is 5.77. The molecule has 0 spiro atoms. The minimum Gasteiger partial charge on any atom is -0.368 e. The van der Waals surface area contributed by atoms with Crippen LogP contribution in [0.2, 0.25) is 0 Å². The molecule has 2 unspecified atom stereocenters. The molecule has 1 aliphatic carbocycles. The third-order valence-electron chi connectivity index (χ3n) is 5.00. The van der Waals surface area contributed by atoms with E-state index in [0.717, 1.165) is 57.7 Å². The van der Waals surface area contributed by atoms with Crippen molar-refractivity contribution in [2.24, 2.45) is 5.73 Å². The number of nitrogens with two attached hydrogens (primary N) is 1. The van der Waals surface area contributed by atoms with E-state index in [4.69, 9.17) is 5.73 Å². The molecule has 6 nitrogen and oxygen atoms in total. The minimum absolute atomic E-state index is 0.201. The zero-order chi connectivity index (χ0) is 14.9. The summed E-state index contributed by atoms with van der Waals surface area (Å²) in [6.07, 6.45) is 7.77. The average Bonchev–Trinajstić information content (AvgIpc) is 2.95. The Hall–Kier alpha value is -1.40. The largest absolute Gasteiger partial charge is 0.368 e. The lowest BCUT2D eigenvalue weighted by Crippen LogP contribution is -2.61. The van der Waals surface area contributed by atoms with Gasteiger partial charge in [-0.25, -0.2) is 4.98 Å². The van der Waals surface area contributed by atoms with Gasteiger partial charge in [-0.15, -0.1) is 0 Å². The maximum Gasteiger partial charge on any atom is 0.237 e. The smallest absolute Gasteiger partial charge is 0.237 e. The van der Waals surface area contributed by atoms with E-state index in [1.54, 1.807) is 0 Å². The summed E-state index contributed by atoms with van der Waals surface area (Å²) >= 11 is 0. The van der Waals surface area contributed by atoms with Crippen molar-refractivity contribution >= 4 is 5.91 Å². The highest BCUT2D eigenvalue weighted by atomic mass is 16.1. The summed E-state index contributed by atoms with van der Waals surface area (Å²) in [4.78, 5) is 18.9. The summed E-state index contributed by atoms with van der Waals surface area (Å²) in [7, 11) is 0. The van der Waals surface area contributed by atoms with Crippen LogP contribution < -0.4 is 11.1 Å². The zero-order valence-electron chi connectivity index (χ0n) is 12.7. The fourth-order valence-electron chi connectivity index (χ4n) is 3.87. The zero-order valence-corrected chi connectivity index (χ0v) is 12.7. The summed E-state index contributed by atoms with van der Waals surface area (Å²) in [6.45, 7) is 5.69. The Bertz CT molecular complexity index is 510. The molecule has 2 aliphatic rings. The number of rotatable bonds is 4. The SMILES string of the molecule is CCNC1(C(N)=O)CCCC(N2CCn3ccnc3C2)C1. The highest BCUT2D eigenvalue weighted by Gasteiger charge is 2.42. The van der Waals surface area contributed by atoms with Crippen LogP contribution in [0, 0.1) is 0 Å². The van der Waals surface area contributed by atoms with Gasteiger partial charge in [0.15, 0.2) is 0 Å². The van der Waals surface area contributed by atoms with Crippen LogP contribution in [-0.4, -0.2) is 45.0 Å². The summed E-state index contributed by atoms with van der Waals surface area (Å²) < 4.78 is 2.21. The van der Waals surface area contributed by atoms with Gasteiger partial charge in [-0.05, 0) is 32.2 Å². The fourth-order valence-corrected chi connectivity index (χ4v) is 3.87. The summed E-state index contributed by atoms with van der Waals surface area (Å²) in [5.41, 5.74) is 5.18. The van der Waals surface area contributed by atoms with Crippen LogP contribution in [0.1, 0.15) is 38.4 Å². The molecule has 1 aromatic heterocycles. The van der Waals surface area contributed by atoms with Crippen LogP contribution in [-0.2, 0) is 17.9 Å². The number of fused-ring (bicyclic) bond motifs is 1. The van der Waals surface area contributed by atoms with E-state index in [9.17, 15) is 4.79 Å². The van der Waals surface area contributed by atoms with Crippen molar-refractivity contribution in [1.29, 1.82) is 0 Å². The molecule has 2 heterocycles. The van der Waals surface area contributed by atoms with Crippen molar-refractivity contribution in [2.45, 2.75) is 57.3 Å². The van der Waals surface area contributed by atoms with Crippen molar-refractivity contribution in [1.82, 2.24) is 19.8 Å². The molecule has 116 valence electrons. The number of hydrogen-bond acceptors (Lipinski definition) is 4. The number of amides is 1. The molecule has 1 aliphatic heterocycles. The molecule has 0 bridgehead atoms. The lowest BCUT2D eigenvalue weighted by atomic mass is 9.77. The van der Waals surface area contributed by atoms with E-state index >= 15 is 0 Å². The highest BCUT2D eigenvalue weighted by Crippen LogP contribution is 2.32. The first-order valence-electron chi connectivity index (χ1n) is 7.93. The molecule has 3 rings (SSSR count). The Morgan fingerprint density at radius 3 is 3.19 bits per heavy atom. The lowest BCUT2D eigenvalue weighted by molar-refractivity contribution is -0.126. The molecule has 6 heteroatoms. The van der Waals surface area contributed by atoms with E-state index in [0.29, 0.717) is 6.04 Å². The first-order valence-corrected chi connectivity index (χ1v) is 7.93.